The average Bonchev–Trinajstić information content (AvgIpc) is 2.55. The van der Waals surface area contributed by atoms with Gasteiger partial charge in [-0.05, 0) is 12.1 Å². The Kier molecular flexibility index (Phi) is 1.92. The molecule has 1 atom stereocenters. The number of rotatable bonds is 1. The van der Waals surface area contributed by atoms with Crippen LogP contribution < -0.4 is 5.32 Å². The molecule has 1 aromatic heterocycles. The van der Waals surface area contributed by atoms with E-state index in [1.165, 1.54) is 11.4 Å². The first-order valence-corrected chi connectivity index (χ1v) is 4.89. The summed E-state index contributed by atoms with van der Waals surface area (Å²) in [5.41, 5.74) is 1.38. The van der Waals surface area contributed by atoms with Crippen molar-refractivity contribution in [1.29, 1.82) is 0 Å². The molecule has 11 heavy (non-hydrogen) atoms. The van der Waals surface area contributed by atoms with Crippen LogP contribution in [0.3, 0.4) is 0 Å². The van der Waals surface area contributed by atoms with Crippen molar-refractivity contribution < 1.29 is 0 Å². The topological polar surface area (TPSA) is 17.0 Å². The lowest BCUT2D eigenvalue weighted by atomic mass is 10.4. The molecular formula is C8H12N2S. The van der Waals surface area contributed by atoms with Gasteiger partial charge in [0.2, 0.25) is 0 Å². The van der Waals surface area contributed by atoms with Crippen molar-refractivity contribution in [2.75, 3.05) is 12.3 Å². The number of thioether (sulfide) groups is 1. The summed E-state index contributed by atoms with van der Waals surface area (Å²) < 4.78 is 2.18. The summed E-state index contributed by atoms with van der Waals surface area (Å²) in [6, 6.07) is 4.27. The van der Waals surface area contributed by atoms with Gasteiger partial charge < -0.3 is 4.57 Å². The van der Waals surface area contributed by atoms with E-state index in [0.29, 0.717) is 5.37 Å². The fourth-order valence-electron chi connectivity index (χ4n) is 1.36. The number of nitrogens with one attached hydrogen (secondary N) is 1. The lowest BCUT2D eigenvalue weighted by Gasteiger charge is -2.09. The molecule has 0 saturated carbocycles. The molecule has 60 valence electrons. The molecule has 0 bridgehead atoms. The second-order valence-electron chi connectivity index (χ2n) is 2.75. The Bertz CT molecular complexity index is 238. The quantitative estimate of drug-likeness (QED) is 0.682. The van der Waals surface area contributed by atoms with Crippen molar-refractivity contribution in [3.63, 3.8) is 0 Å². The molecule has 0 aliphatic carbocycles. The van der Waals surface area contributed by atoms with Gasteiger partial charge in [0.15, 0.2) is 0 Å². The standard InChI is InChI=1S/C8H12N2S/c1-10-5-2-3-7(10)8-9-4-6-11-8/h2-3,5,8-9H,4,6H2,1H3. The zero-order valence-corrected chi connectivity index (χ0v) is 7.40. The first-order valence-electron chi connectivity index (χ1n) is 3.84. The highest BCUT2D eigenvalue weighted by Gasteiger charge is 2.17. The summed E-state index contributed by atoms with van der Waals surface area (Å²) in [5.74, 6) is 1.23. The highest BCUT2D eigenvalue weighted by atomic mass is 32.2. The second kappa shape index (κ2) is 2.91. The molecule has 0 spiro atoms. The first-order chi connectivity index (χ1) is 5.38. The molecular weight excluding hydrogens is 156 g/mol. The summed E-state index contributed by atoms with van der Waals surface area (Å²) in [7, 11) is 2.09. The molecule has 0 radical (unpaired) electrons. The molecule has 1 aliphatic heterocycles. The minimum atomic E-state index is 0.523. The van der Waals surface area contributed by atoms with E-state index in [1.807, 2.05) is 11.8 Å². The van der Waals surface area contributed by atoms with Gasteiger partial charge in [0.1, 0.15) is 0 Å². The first kappa shape index (κ1) is 7.25. The van der Waals surface area contributed by atoms with E-state index in [-0.39, 0.29) is 0 Å². The molecule has 2 nitrogen and oxygen atoms in total. The van der Waals surface area contributed by atoms with Crippen molar-refractivity contribution in [1.82, 2.24) is 9.88 Å². The normalized spacial score (nSPS) is 24.3. The second-order valence-corrected chi connectivity index (χ2v) is 3.96. The van der Waals surface area contributed by atoms with Crippen LogP contribution in [0.25, 0.3) is 0 Å². The molecule has 1 unspecified atom stereocenters. The van der Waals surface area contributed by atoms with Gasteiger partial charge in [0.25, 0.3) is 0 Å². The summed E-state index contributed by atoms with van der Waals surface area (Å²) in [4.78, 5) is 0. The van der Waals surface area contributed by atoms with Gasteiger partial charge >= 0.3 is 0 Å². The molecule has 1 saturated heterocycles. The van der Waals surface area contributed by atoms with Crippen molar-refractivity contribution in [2.45, 2.75) is 5.37 Å². The van der Waals surface area contributed by atoms with Gasteiger partial charge in [0.05, 0.1) is 5.37 Å². The zero-order valence-electron chi connectivity index (χ0n) is 6.58. The Morgan fingerprint density at radius 1 is 1.73 bits per heavy atom. The zero-order chi connectivity index (χ0) is 7.68. The number of nitrogens with zero attached hydrogens (tertiary/aromatic N) is 1. The minimum absolute atomic E-state index is 0.523. The molecule has 1 aromatic rings. The monoisotopic (exact) mass is 168 g/mol. The molecule has 2 rings (SSSR count). The summed E-state index contributed by atoms with van der Waals surface area (Å²) in [6.07, 6.45) is 2.09. The van der Waals surface area contributed by atoms with Crippen molar-refractivity contribution in [3.8, 4) is 0 Å². The Morgan fingerprint density at radius 2 is 2.64 bits per heavy atom. The van der Waals surface area contributed by atoms with Crippen molar-refractivity contribution in [2.24, 2.45) is 7.05 Å². The van der Waals surface area contributed by atoms with Crippen LogP contribution in [0.1, 0.15) is 11.1 Å². The third-order valence-electron chi connectivity index (χ3n) is 1.97. The van der Waals surface area contributed by atoms with Crippen LogP contribution in [0.2, 0.25) is 0 Å². The van der Waals surface area contributed by atoms with Crippen LogP contribution in [-0.2, 0) is 7.05 Å². The van der Waals surface area contributed by atoms with Gasteiger partial charge in [-0.25, -0.2) is 0 Å². The highest BCUT2D eigenvalue weighted by Crippen LogP contribution is 2.29. The van der Waals surface area contributed by atoms with E-state index in [0.717, 1.165) is 6.54 Å². The predicted molar refractivity (Wildman–Crippen MR) is 48.6 cm³/mol. The predicted octanol–water partition coefficient (Wildman–Crippen LogP) is 1.36. The van der Waals surface area contributed by atoms with Crippen molar-refractivity contribution >= 4 is 11.8 Å². The summed E-state index contributed by atoms with van der Waals surface area (Å²) in [6.45, 7) is 1.14. The highest BCUT2D eigenvalue weighted by molar-refractivity contribution is 7.99. The van der Waals surface area contributed by atoms with Gasteiger partial charge in [-0.15, -0.1) is 11.8 Å². The maximum absolute atomic E-state index is 3.44. The van der Waals surface area contributed by atoms with Crippen LogP contribution in [0.5, 0.6) is 0 Å². The van der Waals surface area contributed by atoms with Gasteiger partial charge in [-0.2, -0.15) is 0 Å². The molecule has 3 heteroatoms. The smallest absolute Gasteiger partial charge is 0.0942 e. The number of aryl methyl sites for hydroxylation is 1. The largest absolute Gasteiger partial charge is 0.352 e. The molecule has 0 aromatic carbocycles. The maximum atomic E-state index is 3.44. The molecule has 1 fully saturated rings. The van der Waals surface area contributed by atoms with E-state index in [9.17, 15) is 0 Å². The lowest BCUT2D eigenvalue weighted by Crippen LogP contribution is -2.14. The summed E-state index contributed by atoms with van der Waals surface area (Å²) in [5, 5.41) is 3.97. The molecule has 1 aliphatic rings. The van der Waals surface area contributed by atoms with Gasteiger partial charge in [-0.1, -0.05) is 0 Å². The van der Waals surface area contributed by atoms with E-state index in [1.54, 1.807) is 0 Å². The minimum Gasteiger partial charge on any atom is -0.352 e. The Hall–Kier alpha value is -0.410. The summed E-state index contributed by atoms with van der Waals surface area (Å²) >= 11 is 1.98. The van der Waals surface area contributed by atoms with Crippen LogP contribution in [-0.4, -0.2) is 16.9 Å². The van der Waals surface area contributed by atoms with Gasteiger partial charge in [-0.3, -0.25) is 5.32 Å². The van der Waals surface area contributed by atoms with Crippen molar-refractivity contribution in [3.05, 3.63) is 24.0 Å². The number of aromatic nitrogens is 1. The fraction of sp³-hybridized carbons (Fsp3) is 0.500. The Balaban J connectivity index is 2.21. The molecule has 0 amide bonds. The van der Waals surface area contributed by atoms with E-state index >= 15 is 0 Å². The van der Waals surface area contributed by atoms with Crippen LogP contribution in [0.4, 0.5) is 0 Å². The van der Waals surface area contributed by atoms with Crippen LogP contribution in [0, 0.1) is 0 Å². The third kappa shape index (κ3) is 1.30. The Labute approximate surface area is 71.0 Å². The van der Waals surface area contributed by atoms with Crippen LogP contribution in [0.15, 0.2) is 18.3 Å². The Morgan fingerprint density at radius 3 is 3.18 bits per heavy atom. The van der Waals surface area contributed by atoms with Crippen LogP contribution >= 0.6 is 11.8 Å². The van der Waals surface area contributed by atoms with Gasteiger partial charge in [0, 0.05) is 31.2 Å². The van der Waals surface area contributed by atoms with E-state index < -0.39 is 0 Å². The number of hydrogen-bond acceptors (Lipinski definition) is 2. The average molecular weight is 168 g/mol. The van der Waals surface area contributed by atoms with E-state index in [2.05, 4.69) is 35.3 Å². The SMILES string of the molecule is Cn1cccc1C1NCCS1. The third-order valence-corrected chi connectivity index (χ3v) is 3.15. The number of hydrogen-bond donors (Lipinski definition) is 1. The lowest BCUT2D eigenvalue weighted by molar-refractivity contribution is 0.695. The molecule has 1 N–H and O–H groups in total. The fourth-order valence-corrected chi connectivity index (χ4v) is 2.49. The van der Waals surface area contributed by atoms with E-state index in [4.69, 9.17) is 0 Å². The maximum Gasteiger partial charge on any atom is 0.0942 e. The molecule has 2 heterocycles.